The highest BCUT2D eigenvalue weighted by molar-refractivity contribution is 6.14. The first kappa shape index (κ1) is 39.9. The highest BCUT2D eigenvalue weighted by Crippen LogP contribution is 2.63. The number of anilines is 6. The van der Waals surface area contributed by atoms with Crippen LogP contribution in [0.5, 0.6) is 0 Å². The van der Waals surface area contributed by atoms with Crippen molar-refractivity contribution in [3.8, 4) is 39.1 Å². The molecule has 0 bridgehead atoms. The van der Waals surface area contributed by atoms with Crippen molar-refractivity contribution in [1.29, 1.82) is 0 Å². The zero-order valence-electron chi connectivity index (χ0n) is 38.3. The molecule has 328 valence electrons. The second kappa shape index (κ2) is 16.0. The minimum atomic E-state index is -0.596. The van der Waals surface area contributed by atoms with Crippen molar-refractivity contribution in [2.45, 2.75) is 5.41 Å². The average Bonchev–Trinajstić information content (AvgIpc) is 3.93. The Morgan fingerprint density at radius 1 is 0.300 bits per heavy atom. The molecule has 12 aromatic rings. The van der Waals surface area contributed by atoms with Gasteiger partial charge in [-0.15, -0.1) is 0 Å². The van der Waals surface area contributed by atoms with E-state index in [1.54, 1.807) is 0 Å². The Morgan fingerprint density at radius 3 is 1.43 bits per heavy atom. The normalized spacial score (nSPS) is 14.1. The van der Waals surface area contributed by atoms with Gasteiger partial charge < -0.3 is 14.4 Å². The van der Waals surface area contributed by atoms with Gasteiger partial charge in [0.25, 0.3) is 0 Å². The molecule has 0 N–H and O–H groups in total. The monoisotopic (exact) mass is 891 g/mol. The molecule has 2 aliphatic rings. The topological polar surface area (TPSA) is 11.4 Å². The molecule has 0 saturated carbocycles. The predicted molar refractivity (Wildman–Crippen MR) is 292 cm³/mol. The van der Waals surface area contributed by atoms with Gasteiger partial charge in [0.15, 0.2) is 0 Å². The van der Waals surface area contributed by atoms with Crippen LogP contribution in [0, 0.1) is 0 Å². The maximum Gasteiger partial charge on any atom is 0.0755 e. The Labute approximate surface area is 408 Å². The maximum absolute atomic E-state index is 2.54. The molecule has 1 spiro atoms. The molecule has 0 radical (unpaired) electrons. The van der Waals surface area contributed by atoms with Crippen LogP contribution >= 0.6 is 0 Å². The van der Waals surface area contributed by atoms with Crippen LogP contribution in [-0.2, 0) is 5.41 Å². The van der Waals surface area contributed by atoms with Crippen molar-refractivity contribution in [1.82, 2.24) is 4.57 Å². The first-order chi connectivity index (χ1) is 34.8. The lowest BCUT2D eigenvalue weighted by Gasteiger charge is -2.39. The van der Waals surface area contributed by atoms with Gasteiger partial charge in [0.1, 0.15) is 0 Å². The molecule has 3 nitrogen and oxygen atoms in total. The summed E-state index contributed by atoms with van der Waals surface area (Å²) in [5.41, 5.74) is 22.2. The minimum Gasteiger partial charge on any atom is -0.310 e. The fraction of sp³-hybridized carbons (Fsp3) is 0.0149. The number of hydrogen-bond acceptors (Lipinski definition) is 2. The molecule has 14 rings (SSSR count). The van der Waals surface area contributed by atoms with Crippen LogP contribution in [0.3, 0.4) is 0 Å². The van der Waals surface area contributed by atoms with E-state index in [2.05, 4.69) is 287 Å². The van der Waals surface area contributed by atoms with Crippen LogP contribution in [0.2, 0.25) is 0 Å². The summed E-state index contributed by atoms with van der Waals surface area (Å²) in [4.78, 5) is 4.83. The van der Waals surface area contributed by atoms with Crippen LogP contribution in [-0.4, -0.2) is 4.57 Å². The molecular weight excluding hydrogens is 847 g/mol. The number of para-hydroxylation sites is 4. The second-order valence-electron chi connectivity index (χ2n) is 18.4. The third-order valence-corrected chi connectivity index (χ3v) is 14.8. The van der Waals surface area contributed by atoms with E-state index in [0.29, 0.717) is 0 Å². The molecule has 1 aliphatic carbocycles. The van der Waals surface area contributed by atoms with Crippen LogP contribution in [0.15, 0.2) is 273 Å². The molecule has 11 aromatic carbocycles. The van der Waals surface area contributed by atoms with Crippen LogP contribution in [0.1, 0.15) is 22.3 Å². The largest absolute Gasteiger partial charge is 0.310 e. The molecule has 0 fully saturated rings. The Bertz CT molecular complexity index is 3920. The van der Waals surface area contributed by atoms with Crippen LogP contribution in [0.4, 0.5) is 34.1 Å². The van der Waals surface area contributed by atoms with Crippen molar-refractivity contribution >= 4 is 55.9 Å². The molecule has 1 unspecified atom stereocenters. The molecule has 2 heterocycles. The summed E-state index contributed by atoms with van der Waals surface area (Å²) >= 11 is 0. The number of benzene rings is 11. The quantitative estimate of drug-likeness (QED) is 0.151. The van der Waals surface area contributed by atoms with Crippen molar-refractivity contribution in [2.24, 2.45) is 0 Å². The van der Waals surface area contributed by atoms with Gasteiger partial charge in [0.2, 0.25) is 0 Å². The highest BCUT2D eigenvalue weighted by Gasteiger charge is 2.51. The number of rotatable bonds is 8. The standard InChI is InChI=1S/C67H45N3/c1-5-19-46(20-6-1)48-35-39-52(40-36-48)68(50-23-9-3-10-24-50)54-43-44-62-57(45-54)55-28-17-32-61-66(55)70(62)63-33-16-15-30-59(63)67(61)58-29-14-13-27-56(58)65-60(67)31-18-34-64(65)69(51-25-11-4-12-26-51)53-41-37-49(38-42-53)47-21-7-2-8-22-47/h1-45H. The van der Waals surface area contributed by atoms with E-state index in [-0.39, 0.29) is 0 Å². The summed E-state index contributed by atoms with van der Waals surface area (Å²) in [6.45, 7) is 0. The molecule has 0 saturated heterocycles. The van der Waals surface area contributed by atoms with E-state index in [1.807, 2.05) is 0 Å². The molecule has 1 atom stereocenters. The summed E-state index contributed by atoms with van der Waals surface area (Å²) in [6, 6.07) is 100. The van der Waals surface area contributed by atoms with E-state index < -0.39 is 5.41 Å². The molecule has 70 heavy (non-hydrogen) atoms. The number of fused-ring (bicyclic) bond motifs is 12. The van der Waals surface area contributed by atoms with Crippen molar-refractivity contribution in [3.05, 3.63) is 295 Å². The third kappa shape index (κ3) is 5.95. The van der Waals surface area contributed by atoms with E-state index in [9.17, 15) is 0 Å². The second-order valence-corrected chi connectivity index (χ2v) is 18.4. The fourth-order valence-electron chi connectivity index (χ4n) is 11.9. The van der Waals surface area contributed by atoms with Gasteiger partial charge in [-0.05, 0) is 129 Å². The van der Waals surface area contributed by atoms with Gasteiger partial charge >= 0.3 is 0 Å². The predicted octanol–water partition coefficient (Wildman–Crippen LogP) is 17.7. The zero-order chi connectivity index (χ0) is 46.2. The van der Waals surface area contributed by atoms with E-state index >= 15 is 0 Å². The Kier molecular flexibility index (Phi) is 9.11. The summed E-state index contributed by atoms with van der Waals surface area (Å²) in [7, 11) is 0. The first-order valence-electron chi connectivity index (χ1n) is 24.2. The zero-order valence-corrected chi connectivity index (χ0v) is 38.3. The van der Waals surface area contributed by atoms with Gasteiger partial charge in [-0.3, -0.25) is 0 Å². The Morgan fingerprint density at radius 2 is 0.771 bits per heavy atom. The number of nitrogens with zero attached hydrogens (tertiary/aromatic N) is 3. The van der Waals surface area contributed by atoms with Crippen molar-refractivity contribution in [3.63, 3.8) is 0 Å². The number of hydrogen-bond donors (Lipinski definition) is 0. The van der Waals surface area contributed by atoms with Crippen molar-refractivity contribution < 1.29 is 0 Å². The van der Waals surface area contributed by atoms with Crippen LogP contribution < -0.4 is 9.80 Å². The lowest BCUT2D eigenvalue weighted by atomic mass is 9.65. The van der Waals surface area contributed by atoms with Gasteiger partial charge in [0.05, 0.1) is 27.8 Å². The summed E-state index contributed by atoms with van der Waals surface area (Å²) < 4.78 is 2.54. The molecule has 1 aliphatic heterocycles. The molecule has 0 amide bonds. The SMILES string of the molecule is c1ccc(-c2ccc(N(c3ccccc3)c3ccc4c(c3)c3cccc5c3n4-c3ccccc3C53c4ccccc4-c4c(N(c5ccccc5)c5ccc(-c6ccccc6)cc5)cccc43)cc2)cc1. The lowest BCUT2D eigenvalue weighted by molar-refractivity contribution is 0.748. The maximum atomic E-state index is 2.54. The molecular formula is C67H45N3. The van der Waals surface area contributed by atoms with Crippen molar-refractivity contribution in [2.75, 3.05) is 9.80 Å². The lowest BCUT2D eigenvalue weighted by Crippen LogP contribution is -2.33. The average molecular weight is 892 g/mol. The Balaban J connectivity index is 0.985. The van der Waals surface area contributed by atoms with Gasteiger partial charge in [-0.2, -0.15) is 0 Å². The van der Waals surface area contributed by atoms with Gasteiger partial charge in [0, 0.05) is 44.8 Å². The van der Waals surface area contributed by atoms with Gasteiger partial charge in [-0.25, -0.2) is 0 Å². The van der Waals surface area contributed by atoms with E-state index in [0.717, 1.165) is 34.1 Å². The third-order valence-electron chi connectivity index (χ3n) is 14.8. The van der Waals surface area contributed by atoms with Gasteiger partial charge in [-0.1, -0.05) is 194 Å². The fourth-order valence-corrected chi connectivity index (χ4v) is 11.9. The highest BCUT2D eigenvalue weighted by atomic mass is 15.2. The Hall–Kier alpha value is -9.18. The smallest absolute Gasteiger partial charge is 0.0755 e. The van der Waals surface area contributed by atoms with E-state index in [4.69, 9.17) is 0 Å². The first-order valence-corrected chi connectivity index (χ1v) is 24.2. The minimum absolute atomic E-state index is 0.596. The molecule has 3 heteroatoms. The summed E-state index contributed by atoms with van der Waals surface area (Å²) in [5, 5.41) is 2.46. The summed E-state index contributed by atoms with van der Waals surface area (Å²) in [6.07, 6.45) is 0. The summed E-state index contributed by atoms with van der Waals surface area (Å²) in [5.74, 6) is 0. The number of aromatic nitrogens is 1. The molecule has 1 aromatic heterocycles. The van der Waals surface area contributed by atoms with Crippen LogP contribution in [0.25, 0.3) is 60.9 Å². The van der Waals surface area contributed by atoms with E-state index in [1.165, 1.54) is 83.1 Å².